The number of hydrogen-bond donors (Lipinski definition) is 1. The highest BCUT2D eigenvalue weighted by atomic mass is 35.5. The zero-order valence-electron chi connectivity index (χ0n) is 18.1. The molecule has 1 aliphatic rings. The predicted molar refractivity (Wildman–Crippen MR) is 129 cm³/mol. The molecule has 6 heteroatoms. The summed E-state index contributed by atoms with van der Waals surface area (Å²) in [6.07, 6.45) is 4.76. The molecule has 1 fully saturated rings. The van der Waals surface area contributed by atoms with Crippen molar-refractivity contribution in [3.8, 4) is 28.0 Å². The van der Waals surface area contributed by atoms with Crippen molar-refractivity contribution in [2.45, 2.75) is 6.42 Å². The minimum atomic E-state index is 0.729. The summed E-state index contributed by atoms with van der Waals surface area (Å²) < 4.78 is 11.1. The van der Waals surface area contributed by atoms with Gasteiger partial charge in [0.25, 0.3) is 0 Å². The Morgan fingerprint density at radius 2 is 1.81 bits per heavy atom. The Morgan fingerprint density at radius 3 is 2.59 bits per heavy atom. The minimum Gasteiger partial charge on any atom is -0.495 e. The van der Waals surface area contributed by atoms with Crippen molar-refractivity contribution in [3.05, 3.63) is 71.6 Å². The van der Waals surface area contributed by atoms with E-state index in [1.54, 1.807) is 7.11 Å². The van der Waals surface area contributed by atoms with Gasteiger partial charge in [0.1, 0.15) is 5.75 Å². The van der Waals surface area contributed by atoms with Crippen molar-refractivity contribution in [3.63, 3.8) is 0 Å². The first-order valence-corrected chi connectivity index (χ1v) is 11.3. The highest BCUT2D eigenvalue weighted by Crippen LogP contribution is 2.38. The Kier molecular flexibility index (Phi) is 6.12. The summed E-state index contributed by atoms with van der Waals surface area (Å²) >= 11 is 6.08. The molecule has 0 amide bonds. The van der Waals surface area contributed by atoms with Crippen LogP contribution in [0.4, 0.5) is 0 Å². The molecule has 0 spiro atoms. The zero-order chi connectivity index (χ0) is 21.9. The van der Waals surface area contributed by atoms with Gasteiger partial charge < -0.3 is 14.5 Å². The summed E-state index contributed by atoms with van der Waals surface area (Å²) in [6, 6.07) is 16.3. The van der Waals surface area contributed by atoms with E-state index in [1.807, 2.05) is 48.8 Å². The molecule has 0 radical (unpaired) electrons. The highest BCUT2D eigenvalue weighted by molar-refractivity contribution is 6.30. The Hall–Kier alpha value is -2.86. The molecule has 3 heterocycles. The molecule has 4 aromatic rings. The lowest BCUT2D eigenvalue weighted by molar-refractivity contribution is 0.0384. The Morgan fingerprint density at radius 1 is 1.03 bits per heavy atom. The second kappa shape index (κ2) is 9.33. The quantitative estimate of drug-likeness (QED) is 0.428. The van der Waals surface area contributed by atoms with E-state index in [0.29, 0.717) is 0 Å². The number of hydrogen-bond acceptors (Lipinski definition) is 4. The second-order valence-electron chi connectivity index (χ2n) is 8.03. The molecule has 5 nitrogen and oxygen atoms in total. The summed E-state index contributed by atoms with van der Waals surface area (Å²) in [6.45, 7) is 4.55. The molecule has 0 aliphatic carbocycles. The monoisotopic (exact) mass is 447 g/mol. The van der Waals surface area contributed by atoms with Crippen LogP contribution in [-0.4, -0.2) is 54.8 Å². The van der Waals surface area contributed by atoms with Crippen LogP contribution >= 0.6 is 11.6 Å². The van der Waals surface area contributed by atoms with Crippen LogP contribution in [0.15, 0.2) is 60.9 Å². The minimum absolute atomic E-state index is 0.729. The molecule has 5 rings (SSSR count). The Bertz CT molecular complexity index is 1210. The average molecular weight is 448 g/mol. The number of para-hydroxylation sites is 1. The number of H-pyrrole nitrogens is 1. The molecule has 2 aromatic heterocycles. The number of benzene rings is 2. The maximum atomic E-state index is 6.08. The van der Waals surface area contributed by atoms with E-state index >= 15 is 0 Å². The number of aromatic amines is 1. The Balaban J connectivity index is 1.57. The van der Waals surface area contributed by atoms with Gasteiger partial charge in [0.15, 0.2) is 0 Å². The molecule has 164 valence electrons. The first-order valence-electron chi connectivity index (χ1n) is 10.9. The normalized spacial score (nSPS) is 14.7. The van der Waals surface area contributed by atoms with E-state index in [-0.39, 0.29) is 0 Å². The summed E-state index contributed by atoms with van der Waals surface area (Å²) in [4.78, 5) is 10.7. The topological polar surface area (TPSA) is 50.4 Å². The van der Waals surface area contributed by atoms with Crippen LogP contribution in [0.3, 0.4) is 0 Å². The van der Waals surface area contributed by atoms with Crippen LogP contribution < -0.4 is 4.74 Å². The zero-order valence-corrected chi connectivity index (χ0v) is 18.9. The van der Waals surface area contributed by atoms with Gasteiger partial charge in [-0.25, -0.2) is 0 Å². The number of nitrogens with zero attached hydrogens (tertiary/aromatic N) is 2. The first-order chi connectivity index (χ1) is 15.7. The molecular formula is C26H26ClN3O2. The molecule has 0 saturated carbocycles. The fourth-order valence-corrected chi connectivity index (χ4v) is 4.53. The maximum Gasteiger partial charge on any atom is 0.142 e. The SMILES string of the molecule is COc1cccc2c(-c3cncc(-c4ccc(Cl)cc4)c3)c(CCN3CCOCC3)[nH]c12. The van der Waals surface area contributed by atoms with E-state index < -0.39 is 0 Å². The Labute approximate surface area is 192 Å². The predicted octanol–water partition coefficient (Wildman–Crippen LogP) is 5.43. The average Bonchev–Trinajstić information content (AvgIpc) is 3.22. The maximum absolute atomic E-state index is 6.08. The van der Waals surface area contributed by atoms with Gasteiger partial charge in [-0.3, -0.25) is 9.88 Å². The molecule has 0 atom stereocenters. The molecule has 1 N–H and O–H groups in total. The summed E-state index contributed by atoms with van der Waals surface area (Å²) in [5.74, 6) is 0.850. The van der Waals surface area contributed by atoms with E-state index in [9.17, 15) is 0 Å². The van der Waals surface area contributed by atoms with E-state index in [4.69, 9.17) is 21.1 Å². The summed E-state index contributed by atoms with van der Waals surface area (Å²) in [7, 11) is 1.71. The van der Waals surface area contributed by atoms with Crippen molar-refractivity contribution in [2.24, 2.45) is 0 Å². The lowest BCUT2D eigenvalue weighted by Crippen LogP contribution is -2.37. The van der Waals surface area contributed by atoms with Crippen molar-refractivity contribution >= 4 is 22.5 Å². The number of nitrogens with one attached hydrogen (secondary N) is 1. The molecule has 1 aliphatic heterocycles. The number of methoxy groups -OCH3 is 1. The first kappa shape index (κ1) is 21.0. The number of halogens is 1. The molecule has 0 unspecified atom stereocenters. The molecule has 0 bridgehead atoms. The third-order valence-corrected chi connectivity index (χ3v) is 6.33. The van der Waals surface area contributed by atoms with Gasteiger partial charge in [-0.1, -0.05) is 35.9 Å². The third kappa shape index (κ3) is 4.24. The van der Waals surface area contributed by atoms with E-state index in [0.717, 1.165) is 77.6 Å². The molecule has 2 aromatic carbocycles. The van der Waals surface area contributed by atoms with Crippen LogP contribution in [0.25, 0.3) is 33.2 Å². The van der Waals surface area contributed by atoms with E-state index in [1.165, 1.54) is 11.3 Å². The van der Waals surface area contributed by atoms with Crippen LogP contribution in [0.1, 0.15) is 5.69 Å². The molecular weight excluding hydrogens is 422 g/mol. The van der Waals surface area contributed by atoms with Gasteiger partial charge in [0.2, 0.25) is 0 Å². The number of aromatic nitrogens is 2. The van der Waals surface area contributed by atoms with Crippen molar-refractivity contribution in [1.29, 1.82) is 0 Å². The van der Waals surface area contributed by atoms with Crippen molar-refractivity contribution in [2.75, 3.05) is 40.0 Å². The largest absolute Gasteiger partial charge is 0.495 e. The summed E-state index contributed by atoms with van der Waals surface area (Å²) in [5, 5.41) is 1.88. The van der Waals surface area contributed by atoms with Gasteiger partial charge in [-0.05, 0) is 29.8 Å². The lowest BCUT2D eigenvalue weighted by atomic mass is 9.98. The lowest BCUT2D eigenvalue weighted by Gasteiger charge is -2.26. The van der Waals surface area contributed by atoms with Crippen LogP contribution in [0, 0.1) is 0 Å². The van der Waals surface area contributed by atoms with Gasteiger partial charge in [-0.15, -0.1) is 0 Å². The number of ether oxygens (including phenoxy) is 2. The number of pyridine rings is 1. The smallest absolute Gasteiger partial charge is 0.142 e. The number of fused-ring (bicyclic) bond motifs is 1. The van der Waals surface area contributed by atoms with Crippen molar-refractivity contribution in [1.82, 2.24) is 14.9 Å². The second-order valence-corrected chi connectivity index (χ2v) is 8.47. The van der Waals surface area contributed by atoms with Crippen molar-refractivity contribution < 1.29 is 9.47 Å². The number of rotatable bonds is 6. The standard InChI is InChI=1S/C26H26ClN3O2/c1-31-24-4-2-3-22-25(23(29-26(22)24)9-10-30-11-13-32-14-12-30)20-15-19(16-28-17-20)18-5-7-21(27)8-6-18/h2-8,15-17,29H,9-14H2,1H3. The van der Waals surface area contributed by atoms with Gasteiger partial charge in [0.05, 0.1) is 25.8 Å². The van der Waals surface area contributed by atoms with Crippen LogP contribution in [0.2, 0.25) is 5.02 Å². The van der Waals surface area contributed by atoms with Gasteiger partial charge in [-0.2, -0.15) is 0 Å². The molecule has 32 heavy (non-hydrogen) atoms. The number of morpholine rings is 1. The van der Waals surface area contributed by atoms with Gasteiger partial charge >= 0.3 is 0 Å². The van der Waals surface area contributed by atoms with Crippen LogP contribution in [0.5, 0.6) is 5.75 Å². The summed E-state index contributed by atoms with van der Waals surface area (Å²) in [5.41, 5.74) is 6.67. The highest BCUT2D eigenvalue weighted by Gasteiger charge is 2.18. The van der Waals surface area contributed by atoms with Gasteiger partial charge in [0, 0.05) is 71.2 Å². The third-order valence-electron chi connectivity index (χ3n) is 6.08. The van der Waals surface area contributed by atoms with E-state index in [2.05, 4.69) is 27.0 Å². The fraction of sp³-hybridized carbons (Fsp3) is 0.269. The van der Waals surface area contributed by atoms with Crippen LogP contribution in [-0.2, 0) is 11.2 Å². The molecule has 1 saturated heterocycles. The fourth-order valence-electron chi connectivity index (χ4n) is 4.40.